The summed E-state index contributed by atoms with van der Waals surface area (Å²) in [6.45, 7) is 18.8. The van der Waals surface area contributed by atoms with Gasteiger partial charge in [0.25, 0.3) is 0 Å². The Kier molecular flexibility index (Phi) is 7.48. The summed E-state index contributed by atoms with van der Waals surface area (Å²) in [5.74, 6) is 0.674. The third-order valence-corrected chi connectivity index (χ3v) is 11.4. The van der Waals surface area contributed by atoms with Gasteiger partial charge in [0.1, 0.15) is 11.2 Å². The summed E-state index contributed by atoms with van der Waals surface area (Å²) in [4.78, 5) is 5.39. The average Bonchev–Trinajstić information content (AvgIpc) is 3.41. The molecule has 0 radical (unpaired) electrons. The van der Waals surface area contributed by atoms with Crippen molar-refractivity contribution in [2.24, 2.45) is 0 Å². The van der Waals surface area contributed by atoms with Gasteiger partial charge in [0.05, 0.1) is 19.3 Å². The molecule has 0 saturated heterocycles. The topological polar surface area (TPSA) is 26.0 Å². The SMILES string of the molecule is Cc1cc(-c2cc(-c3c(C(C)C)cc(-c4ccccc4)cc3C(C)C)c3cc([Si](C)(C)C)ccc3n2)c2oc3ccccc3c2c1. The molecule has 0 atom stereocenters. The van der Waals surface area contributed by atoms with Crippen molar-refractivity contribution in [2.75, 3.05) is 0 Å². The number of furan rings is 1. The molecule has 0 N–H and O–H groups in total. The van der Waals surface area contributed by atoms with E-state index in [0.29, 0.717) is 11.8 Å². The van der Waals surface area contributed by atoms with E-state index >= 15 is 0 Å². The summed E-state index contributed by atoms with van der Waals surface area (Å²) >= 11 is 0. The Balaban J connectivity index is 1.60. The third-order valence-electron chi connectivity index (χ3n) is 9.39. The van der Waals surface area contributed by atoms with E-state index in [1.807, 2.05) is 6.07 Å². The van der Waals surface area contributed by atoms with Crippen molar-refractivity contribution in [2.45, 2.75) is 66.1 Å². The molecule has 2 heterocycles. The Hall–Kier alpha value is -4.47. The molecular weight excluding hydrogens is 575 g/mol. The van der Waals surface area contributed by atoms with Crippen LogP contribution in [0.15, 0.2) is 108 Å². The lowest BCUT2D eigenvalue weighted by Crippen LogP contribution is -2.37. The average molecular weight is 618 g/mol. The Morgan fingerprint density at radius 2 is 1.28 bits per heavy atom. The van der Waals surface area contributed by atoms with E-state index in [1.165, 1.54) is 49.5 Å². The fourth-order valence-electron chi connectivity index (χ4n) is 6.91. The number of benzene rings is 5. The van der Waals surface area contributed by atoms with Crippen LogP contribution in [0.5, 0.6) is 0 Å². The molecule has 5 aromatic carbocycles. The van der Waals surface area contributed by atoms with Crippen molar-refractivity contribution < 1.29 is 4.42 Å². The number of fused-ring (bicyclic) bond motifs is 4. The van der Waals surface area contributed by atoms with E-state index in [9.17, 15) is 0 Å². The predicted octanol–water partition coefficient (Wildman–Crippen LogP) is 12.2. The van der Waals surface area contributed by atoms with Crippen LogP contribution >= 0.6 is 0 Å². The first-order valence-electron chi connectivity index (χ1n) is 16.6. The van der Waals surface area contributed by atoms with Crippen LogP contribution in [-0.2, 0) is 0 Å². The molecule has 7 rings (SSSR count). The molecule has 7 aromatic rings. The molecule has 0 bridgehead atoms. The summed E-state index contributed by atoms with van der Waals surface area (Å²) < 4.78 is 6.57. The van der Waals surface area contributed by atoms with Crippen LogP contribution in [0.4, 0.5) is 0 Å². The second-order valence-corrected chi connectivity index (χ2v) is 19.6. The Morgan fingerprint density at radius 3 is 1.96 bits per heavy atom. The molecule has 0 aliphatic rings. The highest BCUT2D eigenvalue weighted by Crippen LogP contribution is 2.44. The molecule has 230 valence electrons. The van der Waals surface area contributed by atoms with Crippen LogP contribution in [0.25, 0.3) is 66.4 Å². The Labute approximate surface area is 274 Å². The molecule has 0 aliphatic heterocycles. The quantitative estimate of drug-likeness (QED) is 0.174. The number of para-hydroxylation sites is 1. The molecular formula is C43H43NOSi. The Bertz CT molecular complexity index is 2220. The Morgan fingerprint density at radius 1 is 0.609 bits per heavy atom. The third kappa shape index (κ3) is 5.27. The highest BCUT2D eigenvalue weighted by molar-refractivity contribution is 6.88. The van der Waals surface area contributed by atoms with Gasteiger partial charge in [-0.05, 0) is 88.0 Å². The summed E-state index contributed by atoms with van der Waals surface area (Å²) in [5, 5.41) is 4.96. The van der Waals surface area contributed by atoms with Gasteiger partial charge in [-0.25, -0.2) is 4.98 Å². The minimum Gasteiger partial charge on any atom is -0.455 e. The molecule has 0 spiro atoms. The maximum atomic E-state index is 6.57. The lowest BCUT2D eigenvalue weighted by atomic mass is 9.81. The van der Waals surface area contributed by atoms with Crippen molar-refractivity contribution in [3.8, 4) is 33.5 Å². The number of rotatable bonds is 6. The van der Waals surface area contributed by atoms with Crippen LogP contribution in [-0.4, -0.2) is 13.1 Å². The van der Waals surface area contributed by atoms with Crippen molar-refractivity contribution in [1.29, 1.82) is 0 Å². The van der Waals surface area contributed by atoms with Gasteiger partial charge in [-0.2, -0.15) is 0 Å². The van der Waals surface area contributed by atoms with Gasteiger partial charge in [-0.3, -0.25) is 0 Å². The van der Waals surface area contributed by atoms with Crippen LogP contribution in [0.2, 0.25) is 19.6 Å². The van der Waals surface area contributed by atoms with Crippen LogP contribution < -0.4 is 5.19 Å². The van der Waals surface area contributed by atoms with Gasteiger partial charge in [0.15, 0.2) is 0 Å². The molecule has 0 aliphatic carbocycles. The number of hydrogen-bond donors (Lipinski definition) is 0. The van der Waals surface area contributed by atoms with Crippen LogP contribution in [0, 0.1) is 6.92 Å². The largest absolute Gasteiger partial charge is 0.455 e. The highest BCUT2D eigenvalue weighted by atomic mass is 28.3. The minimum absolute atomic E-state index is 0.337. The van der Waals surface area contributed by atoms with Gasteiger partial charge in [-0.15, -0.1) is 0 Å². The first-order valence-corrected chi connectivity index (χ1v) is 20.1. The minimum atomic E-state index is -1.58. The molecule has 0 fully saturated rings. The summed E-state index contributed by atoms with van der Waals surface area (Å²) in [6.07, 6.45) is 0. The van der Waals surface area contributed by atoms with Crippen molar-refractivity contribution in [1.82, 2.24) is 4.98 Å². The second kappa shape index (κ2) is 11.4. The molecule has 0 saturated carbocycles. The number of hydrogen-bond acceptors (Lipinski definition) is 2. The highest BCUT2D eigenvalue weighted by Gasteiger charge is 2.24. The number of pyridine rings is 1. The maximum absolute atomic E-state index is 6.57. The second-order valence-electron chi connectivity index (χ2n) is 14.5. The lowest BCUT2D eigenvalue weighted by Gasteiger charge is -2.24. The molecule has 3 heteroatoms. The van der Waals surface area contributed by atoms with E-state index in [1.54, 1.807) is 0 Å². The molecule has 2 nitrogen and oxygen atoms in total. The molecule has 0 amide bonds. The van der Waals surface area contributed by atoms with Crippen LogP contribution in [0.3, 0.4) is 0 Å². The fourth-order valence-corrected chi connectivity index (χ4v) is 8.07. The van der Waals surface area contributed by atoms with E-state index in [-0.39, 0.29) is 0 Å². The summed E-state index contributed by atoms with van der Waals surface area (Å²) in [7, 11) is -1.58. The number of nitrogens with zero attached hydrogens (tertiary/aromatic N) is 1. The van der Waals surface area contributed by atoms with E-state index in [4.69, 9.17) is 9.40 Å². The zero-order valence-electron chi connectivity index (χ0n) is 28.3. The van der Waals surface area contributed by atoms with Crippen molar-refractivity contribution in [3.63, 3.8) is 0 Å². The van der Waals surface area contributed by atoms with Gasteiger partial charge in [-0.1, -0.05) is 125 Å². The zero-order chi connectivity index (χ0) is 32.3. The van der Waals surface area contributed by atoms with Gasteiger partial charge in [0, 0.05) is 21.7 Å². The van der Waals surface area contributed by atoms with Crippen LogP contribution in [0.1, 0.15) is 56.2 Å². The number of aromatic nitrogens is 1. The lowest BCUT2D eigenvalue weighted by molar-refractivity contribution is 0.669. The van der Waals surface area contributed by atoms with Crippen molar-refractivity contribution in [3.05, 3.63) is 120 Å². The molecule has 2 aromatic heterocycles. The first kappa shape index (κ1) is 30.2. The first-order chi connectivity index (χ1) is 22.0. The standard InChI is InChI=1S/C43H43NOSi/c1-26(2)33-22-30(29-14-10-9-11-15-29)23-34(27(3)4)42(33)36-25-40(44-39-19-18-31(24-35(36)39)46(6,7)8)38-21-28(5)20-37-32-16-12-13-17-41(32)45-43(37)38/h9-27H,1-8H3. The fraction of sp³-hybridized carbons (Fsp3) is 0.233. The summed E-state index contributed by atoms with van der Waals surface area (Å²) in [5.41, 5.74) is 13.9. The molecule has 0 unspecified atom stereocenters. The van der Waals surface area contributed by atoms with Gasteiger partial charge in [0.2, 0.25) is 0 Å². The monoisotopic (exact) mass is 617 g/mol. The predicted molar refractivity (Wildman–Crippen MR) is 201 cm³/mol. The number of aryl methyl sites for hydroxylation is 1. The maximum Gasteiger partial charge on any atom is 0.144 e. The zero-order valence-corrected chi connectivity index (χ0v) is 29.3. The van der Waals surface area contributed by atoms with E-state index in [2.05, 4.69) is 151 Å². The molecule has 46 heavy (non-hydrogen) atoms. The van der Waals surface area contributed by atoms with E-state index < -0.39 is 8.07 Å². The smallest absolute Gasteiger partial charge is 0.144 e. The summed E-state index contributed by atoms with van der Waals surface area (Å²) in [6, 6.07) is 37.8. The normalized spacial score (nSPS) is 12.3. The van der Waals surface area contributed by atoms with E-state index in [0.717, 1.165) is 38.7 Å². The van der Waals surface area contributed by atoms with Gasteiger partial charge < -0.3 is 4.42 Å². The van der Waals surface area contributed by atoms with Gasteiger partial charge >= 0.3 is 0 Å². The van der Waals surface area contributed by atoms with Crippen molar-refractivity contribution >= 4 is 46.1 Å².